The number of carboxylic acid groups (broad SMARTS) is 2. The maximum Gasteiger partial charge on any atom is 0.325 e. The molecule has 168 valence electrons. The molecule has 0 fully saturated rings. The van der Waals surface area contributed by atoms with Crippen LogP contribution in [0.5, 0.6) is 5.75 Å². The fraction of sp³-hybridized carbons (Fsp3) is 0.217. The van der Waals surface area contributed by atoms with Crippen molar-refractivity contribution in [2.75, 3.05) is 17.7 Å². The van der Waals surface area contributed by atoms with E-state index in [2.05, 4.69) is 20.6 Å². The van der Waals surface area contributed by atoms with Crippen LogP contribution in [0.4, 0.5) is 11.4 Å². The topological polar surface area (TPSA) is 134 Å². The van der Waals surface area contributed by atoms with Crippen LogP contribution in [-0.2, 0) is 9.59 Å². The van der Waals surface area contributed by atoms with E-state index in [0.29, 0.717) is 11.4 Å². The van der Waals surface area contributed by atoms with Crippen molar-refractivity contribution in [2.24, 2.45) is 0 Å². The summed E-state index contributed by atoms with van der Waals surface area (Å²) in [5.74, 6) is -1.01. The highest BCUT2D eigenvalue weighted by Crippen LogP contribution is 2.28. The highest BCUT2D eigenvalue weighted by molar-refractivity contribution is 5.82. The lowest BCUT2D eigenvalue weighted by Gasteiger charge is -2.14. The van der Waals surface area contributed by atoms with Gasteiger partial charge in [0.05, 0.1) is 24.7 Å². The molecule has 32 heavy (non-hydrogen) atoms. The molecule has 0 saturated carbocycles. The number of carboxylic acids is 2. The molecule has 9 nitrogen and oxygen atoms in total. The molecular formula is C23H26N4O5. The van der Waals surface area contributed by atoms with Crippen molar-refractivity contribution in [3.8, 4) is 16.9 Å². The van der Waals surface area contributed by atoms with Gasteiger partial charge in [0.15, 0.2) is 0 Å². The van der Waals surface area contributed by atoms with Crippen LogP contribution in [0, 0.1) is 0 Å². The fourth-order valence-electron chi connectivity index (χ4n) is 2.59. The number of rotatable bonds is 8. The van der Waals surface area contributed by atoms with E-state index in [0.717, 1.165) is 16.9 Å². The molecule has 3 aromatic rings. The Bertz CT molecular complexity index is 1010. The van der Waals surface area contributed by atoms with E-state index in [1.807, 2.05) is 30.3 Å². The number of hydrogen-bond acceptors (Lipinski definition) is 7. The van der Waals surface area contributed by atoms with E-state index < -0.39 is 24.0 Å². The number of carbonyl (C=O) groups is 2. The van der Waals surface area contributed by atoms with Gasteiger partial charge in [-0.1, -0.05) is 12.1 Å². The summed E-state index contributed by atoms with van der Waals surface area (Å²) in [7, 11) is 1.61. The Morgan fingerprint density at radius 3 is 2.06 bits per heavy atom. The number of benzene rings is 1. The summed E-state index contributed by atoms with van der Waals surface area (Å²) in [6, 6.07) is 11.7. The predicted octanol–water partition coefficient (Wildman–Crippen LogP) is 3.61. The lowest BCUT2D eigenvalue weighted by Crippen LogP contribution is -2.25. The van der Waals surface area contributed by atoms with Gasteiger partial charge in [-0.15, -0.1) is 0 Å². The number of aromatic nitrogens is 2. The molecule has 0 saturated heterocycles. The second-order valence-electron chi connectivity index (χ2n) is 6.80. The molecule has 0 bridgehead atoms. The third-order valence-electron chi connectivity index (χ3n) is 4.38. The molecule has 2 aromatic heterocycles. The maximum atomic E-state index is 10.9. The molecule has 0 aliphatic carbocycles. The first-order valence-corrected chi connectivity index (χ1v) is 9.79. The third kappa shape index (κ3) is 7.28. The standard InChI is InChI=1S/C15H16N2O3.C8H10N2O2/c1-10(15(18)19)17-14-9-16-8-7-13(14)11-3-5-12(20-2)6-4-11;1-6(8(11)12)10-7-3-2-4-9-5-7/h3-10,17H,1-2H3,(H,18,19);2-6,10H,1H3,(H,11,12)/t10-;6-/m00/s1. The maximum absolute atomic E-state index is 10.9. The molecule has 2 heterocycles. The smallest absolute Gasteiger partial charge is 0.325 e. The van der Waals surface area contributed by atoms with E-state index >= 15 is 0 Å². The van der Waals surface area contributed by atoms with Crippen molar-refractivity contribution in [1.82, 2.24) is 9.97 Å². The van der Waals surface area contributed by atoms with E-state index in [4.69, 9.17) is 14.9 Å². The number of anilines is 2. The highest BCUT2D eigenvalue weighted by atomic mass is 16.5. The Labute approximate surface area is 186 Å². The summed E-state index contributed by atoms with van der Waals surface area (Å²) >= 11 is 0. The number of nitrogens with one attached hydrogen (secondary N) is 2. The largest absolute Gasteiger partial charge is 0.497 e. The zero-order chi connectivity index (χ0) is 23.5. The number of ether oxygens (including phenoxy) is 1. The van der Waals surface area contributed by atoms with Crippen LogP contribution < -0.4 is 15.4 Å². The van der Waals surface area contributed by atoms with Gasteiger partial charge in [0, 0.05) is 24.2 Å². The number of nitrogens with zero attached hydrogens (tertiary/aromatic N) is 2. The van der Waals surface area contributed by atoms with Gasteiger partial charge in [0.25, 0.3) is 0 Å². The molecule has 0 unspecified atom stereocenters. The fourth-order valence-corrected chi connectivity index (χ4v) is 2.59. The van der Waals surface area contributed by atoms with E-state index in [1.165, 1.54) is 0 Å². The van der Waals surface area contributed by atoms with Crippen LogP contribution >= 0.6 is 0 Å². The summed E-state index contributed by atoms with van der Waals surface area (Å²) in [6.07, 6.45) is 6.52. The first kappa shape index (κ1) is 24.1. The van der Waals surface area contributed by atoms with Crippen molar-refractivity contribution < 1.29 is 24.5 Å². The summed E-state index contributed by atoms with van der Waals surface area (Å²) in [5.41, 5.74) is 3.27. The summed E-state index contributed by atoms with van der Waals surface area (Å²) < 4.78 is 5.13. The van der Waals surface area contributed by atoms with Crippen LogP contribution in [0.25, 0.3) is 11.1 Å². The second kappa shape index (κ2) is 11.9. The minimum Gasteiger partial charge on any atom is -0.497 e. The SMILES string of the molecule is COc1ccc(-c2ccncc2N[C@@H](C)C(=O)O)cc1.C[C@H](Nc1cccnc1)C(=O)O. The first-order chi connectivity index (χ1) is 15.3. The van der Waals surface area contributed by atoms with Gasteiger partial charge in [-0.3, -0.25) is 19.6 Å². The van der Waals surface area contributed by atoms with Gasteiger partial charge in [-0.05, 0) is 49.7 Å². The molecule has 1 aromatic carbocycles. The van der Waals surface area contributed by atoms with Crippen molar-refractivity contribution in [3.63, 3.8) is 0 Å². The molecule has 0 spiro atoms. The van der Waals surface area contributed by atoms with Crippen LogP contribution in [0.3, 0.4) is 0 Å². The van der Waals surface area contributed by atoms with Crippen molar-refractivity contribution in [3.05, 3.63) is 67.3 Å². The third-order valence-corrected chi connectivity index (χ3v) is 4.38. The Morgan fingerprint density at radius 1 is 0.875 bits per heavy atom. The zero-order valence-electron chi connectivity index (χ0n) is 18.0. The van der Waals surface area contributed by atoms with Gasteiger partial charge in [-0.2, -0.15) is 0 Å². The average Bonchev–Trinajstić information content (AvgIpc) is 2.80. The Balaban J connectivity index is 0.000000258. The van der Waals surface area contributed by atoms with Gasteiger partial charge >= 0.3 is 11.9 Å². The van der Waals surface area contributed by atoms with Gasteiger partial charge in [-0.25, -0.2) is 0 Å². The predicted molar refractivity (Wildman–Crippen MR) is 122 cm³/mol. The molecule has 9 heteroatoms. The lowest BCUT2D eigenvalue weighted by atomic mass is 10.0. The van der Waals surface area contributed by atoms with E-state index in [-0.39, 0.29) is 0 Å². The number of hydrogen-bond donors (Lipinski definition) is 4. The molecule has 4 N–H and O–H groups in total. The lowest BCUT2D eigenvalue weighted by molar-refractivity contribution is -0.138. The summed E-state index contributed by atoms with van der Waals surface area (Å²) in [5, 5.41) is 23.3. The molecule has 0 aliphatic rings. The van der Waals surface area contributed by atoms with Gasteiger partial charge < -0.3 is 25.6 Å². The minimum atomic E-state index is -0.908. The Morgan fingerprint density at radius 2 is 1.50 bits per heavy atom. The molecule has 0 radical (unpaired) electrons. The average molecular weight is 438 g/mol. The van der Waals surface area contributed by atoms with Crippen LogP contribution in [0.1, 0.15) is 13.8 Å². The van der Waals surface area contributed by atoms with E-state index in [9.17, 15) is 9.59 Å². The summed E-state index contributed by atoms with van der Waals surface area (Å²) in [6.45, 7) is 3.17. The first-order valence-electron chi connectivity index (χ1n) is 9.79. The quantitative estimate of drug-likeness (QED) is 0.416. The van der Waals surface area contributed by atoms with Crippen LogP contribution in [0.2, 0.25) is 0 Å². The van der Waals surface area contributed by atoms with Gasteiger partial charge in [0.2, 0.25) is 0 Å². The van der Waals surface area contributed by atoms with Crippen molar-refractivity contribution in [2.45, 2.75) is 25.9 Å². The normalized spacial score (nSPS) is 11.8. The van der Waals surface area contributed by atoms with Crippen molar-refractivity contribution >= 4 is 23.3 Å². The molecule has 3 rings (SSSR count). The van der Waals surface area contributed by atoms with E-state index in [1.54, 1.807) is 57.9 Å². The number of pyridine rings is 2. The number of aliphatic carboxylic acids is 2. The minimum absolute atomic E-state index is 0.589. The zero-order valence-corrected chi connectivity index (χ0v) is 18.0. The molecule has 0 amide bonds. The molecule has 2 atom stereocenters. The monoisotopic (exact) mass is 438 g/mol. The molecular weight excluding hydrogens is 412 g/mol. The highest BCUT2D eigenvalue weighted by Gasteiger charge is 2.13. The van der Waals surface area contributed by atoms with Crippen molar-refractivity contribution in [1.29, 1.82) is 0 Å². The molecule has 0 aliphatic heterocycles. The summed E-state index contributed by atoms with van der Waals surface area (Å²) in [4.78, 5) is 29.2. The second-order valence-corrected chi connectivity index (χ2v) is 6.80. The van der Waals surface area contributed by atoms with Crippen LogP contribution in [-0.4, -0.2) is 51.3 Å². The Kier molecular flexibility index (Phi) is 8.97. The van der Waals surface area contributed by atoms with Gasteiger partial charge in [0.1, 0.15) is 17.8 Å². The number of methoxy groups -OCH3 is 1. The Hall–Kier alpha value is -4.14. The van der Waals surface area contributed by atoms with Crippen LogP contribution in [0.15, 0.2) is 67.3 Å².